The Morgan fingerprint density at radius 3 is 2.50 bits per heavy atom. The molecule has 176 valence electrons. The number of methoxy groups -OCH3 is 1. The molecule has 0 aromatic heterocycles. The van der Waals surface area contributed by atoms with Gasteiger partial charge >= 0.3 is 0 Å². The molecular weight excluding hydrogens is 434 g/mol. The number of carbonyl (C=O) groups is 3. The van der Waals surface area contributed by atoms with Crippen LogP contribution in [0.2, 0.25) is 0 Å². The highest BCUT2D eigenvalue weighted by molar-refractivity contribution is 7.98. The van der Waals surface area contributed by atoms with E-state index >= 15 is 0 Å². The van der Waals surface area contributed by atoms with Crippen LogP contribution >= 0.6 is 11.8 Å². The highest BCUT2D eigenvalue weighted by Gasteiger charge is 2.35. The van der Waals surface area contributed by atoms with Gasteiger partial charge in [-0.2, -0.15) is 0 Å². The molecule has 32 heavy (non-hydrogen) atoms. The molecule has 0 fully saturated rings. The second-order valence-corrected chi connectivity index (χ2v) is 8.96. The Morgan fingerprint density at radius 1 is 1.25 bits per heavy atom. The Balaban J connectivity index is 2.22. The number of hydrogen-bond acceptors (Lipinski definition) is 7. The van der Waals surface area contributed by atoms with Gasteiger partial charge in [0.05, 0.1) is 24.8 Å². The number of nitrogens with two attached hydrogens (primary N) is 1. The van der Waals surface area contributed by atoms with Crippen LogP contribution in [0.15, 0.2) is 34.7 Å². The summed E-state index contributed by atoms with van der Waals surface area (Å²) in [5.41, 5.74) is 5.78. The van der Waals surface area contributed by atoms with Gasteiger partial charge in [0.25, 0.3) is 5.91 Å². The van der Waals surface area contributed by atoms with E-state index in [9.17, 15) is 24.6 Å². The highest BCUT2D eigenvalue weighted by Crippen LogP contribution is 2.26. The van der Waals surface area contributed by atoms with Crippen molar-refractivity contribution in [3.8, 4) is 5.75 Å². The third kappa shape index (κ3) is 6.47. The Bertz CT molecular complexity index is 888. The molecular formula is C22H31N3O6S. The van der Waals surface area contributed by atoms with Gasteiger partial charge in [0, 0.05) is 16.9 Å². The second-order valence-electron chi connectivity index (χ2n) is 8.08. The molecule has 0 bridgehead atoms. The number of carbonyl (C=O) groups excluding carboxylic acids is 3. The Hall–Kier alpha value is -2.56. The SMILES string of the molecule is COc1cc(SC)ccc1C(=O)N[C@@H]1C=C(C(=O)N[C@H](CC(C)C)C(N)=O)C[C@@H](O)[C@@H]1O. The predicted molar refractivity (Wildman–Crippen MR) is 121 cm³/mol. The van der Waals surface area contributed by atoms with Crippen molar-refractivity contribution in [1.29, 1.82) is 0 Å². The topological polar surface area (TPSA) is 151 Å². The summed E-state index contributed by atoms with van der Waals surface area (Å²) in [7, 11) is 1.45. The smallest absolute Gasteiger partial charge is 0.255 e. The van der Waals surface area contributed by atoms with E-state index in [2.05, 4.69) is 10.6 Å². The molecule has 1 aromatic carbocycles. The number of aliphatic hydroxyl groups excluding tert-OH is 2. The van der Waals surface area contributed by atoms with Crippen LogP contribution < -0.4 is 21.1 Å². The summed E-state index contributed by atoms with van der Waals surface area (Å²) in [4.78, 5) is 38.1. The van der Waals surface area contributed by atoms with Crippen molar-refractivity contribution in [2.45, 2.75) is 55.9 Å². The average Bonchev–Trinajstić information content (AvgIpc) is 2.75. The van der Waals surface area contributed by atoms with E-state index in [0.29, 0.717) is 12.2 Å². The maximum absolute atomic E-state index is 12.8. The lowest BCUT2D eigenvalue weighted by Crippen LogP contribution is -2.52. The summed E-state index contributed by atoms with van der Waals surface area (Å²) in [6.07, 6.45) is 0.943. The summed E-state index contributed by atoms with van der Waals surface area (Å²) < 4.78 is 5.29. The van der Waals surface area contributed by atoms with Crippen molar-refractivity contribution in [3.05, 3.63) is 35.4 Å². The number of rotatable bonds is 9. The molecule has 10 heteroatoms. The minimum atomic E-state index is -1.31. The largest absolute Gasteiger partial charge is 0.496 e. The number of primary amides is 1. The zero-order valence-electron chi connectivity index (χ0n) is 18.6. The maximum atomic E-state index is 12.8. The van der Waals surface area contributed by atoms with Crippen LogP contribution in [0.25, 0.3) is 0 Å². The van der Waals surface area contributed by atoms with E-state index in [4.69, 9.17) is 10.5 Å². The molecule has 1 aliphatic carbocycles. The average molecular weight is 466 g/mol. The molecule has 0 saturated heterocycles. The third-order valence-electron chi connectivity index (χ3n) is 5.17. The van der Waals surface area contributed by atoms with Crippen LogP contribution in [-0.4, -0.2) is 65.6 Å². The van der Waals surface area contributed by atoms with Gasteiger partial charge < -0.3 is 31.3 Å². The fourth-order valence-corrected chi connectivity index (χ4v) is 3.88. The molecule has 0 heterocycles. The fourth-order valence-electron chi connectivity index (χ4n) is 3.45. The summed E-state index contributed by atoms with van der Waals surface area (Å²) in [6.45, 7) is 3.79. The fraction of sp³-hybridized carbons (Fsp3) is 0.500. The van der Waals surface area contributed by atoms with Crippen LogP contribution in [0.3, 0.4) is 0 Å². The molecule has 1 aliphatic rings. The van der Waals surface area contributed by atoms with Crippen molar-refractivity contribution >= 4 is 29.5 Å². The van der Waals surface area contributed by atoms with Crippen molar-refractivity contribution in [2.24, 2.45) is 11.7 Å². The van der Waals surface area contributed by atoms with Gasteiger partial charge in [-0.1, -0.05) is 19.9 Å². The number of amides is 3. The van der Waals surface area contributed by atoms with E-state index in [1.807, 2.05) is 20.1 Å². The molecule has 3 amide bonds. The summed E-state index contributed by atoms with van der Waals surface area (Å²) in [6, 6.07) is 3.21. The molecule has 0 unspecified atom stereocenters. The van der Waals surface area contributed by atoms with E-state index in [1.165, 1.54) is 24.9 Å². The van der Waals surface area contributed by atoms with Gasteiger partial charge in [0.15, 0.2) is 0 Å². The van der Waals surface area contributed by atoms with Gasteiger partial charge in [-0.3, -0.25) is 14.4 Å². The normalized spacial score (nSPS) is 21.5. The number of nitrogens with one attached hydrogen (secondary N) is 2. The van der Waals surface area contributed by atoms with Crippen molar-refractivity contribution in [1.82, 2.24) is 10.6 Å². The predicted octanol–water partition coefficient (Wildman–Crippen LogP) is 0.584. The number of aliphatic hydroxyl groups is 2. The van der Waals surface area contributed by atoms with Crippen LogP contribution in [0.4, 0.5) is 0 Å². The zero-order chi connectivity index (χ0) is 24.0. The maximum Gasteiger partial charge on any atom is 0.255 e. The van der Waals surface area contributed by atoms with Crippen LogP contribution in [-0.2, 0) is 9.59 Å². The lowest BCUT2D eigenvalue weighted by atomic mass is 9.89. The van der Waals surface area contributed by atoms with E-state index in [-0.39, 0.29) is 23.5 Å². The lowest BCUT2D eigenvalue weighted by molar-refractivity contribution is -0.126. The highest BCUT2D eigenvalue weighted by atomic mass is 32.2. The monoisotopic (exact) mass is 465 g/mol. The van der Waals surface area contributed by atoms with Crippen molar-refractivity contribution < 1.29 is 29.3 Å². The Morgan fingerprint density at radius 2 is 1.94 bits per heavy atom. The number of ether oxygens (including phenoxy) is 1. The van der Waals surface area contributed by atoms with Crippen molar-refractivity contribution in [3.63, 3.8) is 0 Å². The number of hydrogen-bond donors (Lipinski definition) is 5. The molecule has 9 nitrogen and oxygen atoms in total. The molecule has 2 rings (SSSR count). The van der Waals surface area contributed by atoms with Gasteiger partial charge in [-0.25, -0.2) is 0 Å². The standard InChI is InChI=1S/C22H31N3O6S/c1-11(2)7-16(20(23)28)25-21(29)12-8-15(19(27)17(26)9-12)24-22(30)14-6-5-13(32-4)10-18(14)31-3/h5-6,8,10-11,15-17,19,26-27H,7,9H2,1-4H3,(H2,23,28)(H,24,30)(H,25,29)/t15-,16-,17-,19-/m1/s1. The molecule has 1 aromatic rings. The first-order valence-corrected chi connectivity index (χ1v) is 11.5. The first-order chi connectivity index (χ1) is 15.1. The molecule has 0 spiro atoms. The van der Waals surface area contributed by atoms with E-state index < -0.39 is 42.0 Å². The Kier molecular flexibility index (Phi) is 9.11. The van der Waals surface area contributed by atoms with Gasteiger partial charge in [-0.05, 0) is 36.8 Å². The quantitative estimate of drug-likeness (QED) is 0.335. The Labute approximate surface area is 191 Å². The van der Waals surface area contributed by atoms with Gasteiger partial charge in [0.2, 0.25) is 11.8 Å². The van der Waals surface area contributed by atoms with Crippen LogP contribution in [0.1, 0.15) is 37.0 Å². The second kappa shape index (κ2) is 11.3. The number of benzene rings is 1. The van der Waals surface area contributed by atoms with E-state index in [1.54, 1.807) is 18.2 Å². The summed E-state index contributed by atoms with van der Waals surface area (Å²) in [5, 5.41) is 25.9. The van der Waals surface area contributed by atoms with Gasteiger partial charge in [-0.15, -0.1) is 11.8 Å². The first kappa shape index (κ1) is 25.7. The van der Waals surface area contributed by atoms with E-state index in [0.717, 1.165) is 4.90 Å². The summed E-state index contributed by atoms with van der Waals surface area (Å²) in [5.74, 6) is -1.28. The molecule has 6 N–H and O–H groups in total. The summed E-state index contributed by atoms with van der Waals surface area (Å²) >= 11 is 1.50. The lowest BCUT2D eigenvalue weighted by Gasteiger charge is -2.31. The molecule has 0 saturated carbocycles. The third-order valence-corrected chi connectivity index (χ3v) is 5.90. The zero-order valence-corrected chi connectivity index (χ0v) is 19.4. The van der Waals surface area contributed by atoms with Crippen molar-refractivity contribution in [2.75, 3.05) is 13.4 Å². The minimum Gasteiger partial charge on any atom is -0.496 e. The first-order valence-electron chi connectivity index (χ1n) is 10.3. The number of thioether (sulfide) groups is 1. The van der Waals surface area contributed by atoms with Crippen LogP contribution in [0.5, 0.6) is 5.75 Å². The van der Waals surface area contributed by atoms with Crippen LogP contribution in [0, 0.1) is 5.92 Å². The molecule has 0 radical (unpaired) electrons. The van der Waals surface area contributed by atoms with Gasteiger partial charge in [0.1, 0.15) is 17.9 Å². The molecule has 0 aliphatic heterocycles. The minimum absolute atomic E-state index is 0.125. The molecule has 4 atom stereocenters.